The Labute approximate surface area is 194 Å². The van der Waals surface area contributed by atoms with Crippen LogP contribution in [-0.4, -0.2) is 22.1 Å². The summed E-state index contributed by atoms with van der Waals surface area (Å²) >= 11 is 0. The second-order valence-corrected chi connectivity index (χ2v) is 8.68. The van der Waals surface area contributed by atoms with Crippen LogP contribution >= 0.6 is 0 Å². The molecule has 0 saturated carbocycles. The number of aromatic nitrogens is 2. The third kappa shape index (κ3) is 5.11. The minimum absolute atomic E-state index is 0.255. The number of amides is 1. The number of benzene rings is 2. The van der Waals surface area contributed by atoms with Crippen molar-refractivity contribution in [3.05, 3.63) is 83.6 Å². The second kappa shape index (κ2) is 9.94. The first-order valence-electron chi connectivity index (χ1n) is 11.5. The first-order valence-corrected chi connectivity index (χ1v) is 11.5. The van der Waals surface area contributed by atoms with Crippen LogP contribution in [0.5, 0.6) is 5.75 Å². The molecule has 4 rings (SSSR count). The summed E-state index contributed by atoms with van der Waals surface area (Å²) in [5, 5.41) is 3.00. The zero-order chi connectivity index (χ0) is 23.4. The summed E-state index contributed by atoms with van der Waals surface area (Å²) in [5.41, 5.74) is 4.38. The summed E-state index contributed by atoms with van der Waals surface area (Å²) in [6.07, 6.45) is 2.31. The predicted molar refractivity (Wildman–Crippen MR) is 130 cm³/mol. The molecule has 0 fully saturated rings. The fraction of sp³-hybridized carbons (Fsp3) is 0.333. The molecule has 1 atom stereocenters. The van der Waals surface area contributed by atoms with E-state index in [1.807, 2.05) is 25.1 Å². The summed E-state index contributed by atoms with van der Waals surface area (Å²) in [6.45, 7) is 9.72. The Kier molecular flexibility index (Phi) is 6.82. The van der Waals surface area contributed by atoms with Gasteiger partial charge in [0, 0.05) is 6.54 Å². The molecule has 2 aromatic carbocycles. The number of fused-ring (bicyclic) bond motifs is 1. The van der Waals surface area contributed by atoms with Gasteiger partial charge in [0.25, 0.3) is 5.91 Å². The highest BCUT2D eigenvalue weighted by atomic mass is 16.5. The number of nitrogens with zero attached hydrogens (tertiary/aromatic N) is 2. The number of ether oxygens (including phenoxy) is 1. The van der Waals surface area contributed by atoms with Crippen LogP contribution in [0, 0.1) is 6.92 Å². The Morgan fingerprint density at radius 3 is 2.70 bits per heavy atom. The molecule has 0 saturated heterocycles. The van der Waals surface area contributed by atoms with E-state index in [9.17, 15) is 4.79 Å². The monoisotopic (exact) mass is 445 g/mol. The fourth-order valence-corrected chi connectivity index (χ4v) is 4.05. The number of imidazole rings is 1. The van der Waals surface area contributed by atoms with Gasteiger partial charge in [0.05, 0.1) is 29.9 Å². The normalized spacial score (nSPS) is 12.3. The van der Waals surface area contributed by atoms with E-state index >= 15 is 0 Å². The highest BCUT2D eigenvalue weighted by molar-refractivity contribution is 5.91. The number of hydrogen-bond donors (Lipinski definition) is 1. The van der Waals surface area contributed by atoms with Crippen LogP contribution in [0.2, 0.25) is 0 Å². The number of nitrogens with one attached hydrogen (secondary N) is 1. The van der Waals surface area contributed by atoms with Gasteiger partial charge in [-0.25, -0.2) is 4.98 Å². The minimum Gasteiger partial charge on any atom is -0.493 e. The highest BCUT2D eigenvalue weighted by Gasteiger charge is 2.20. The molecule has 0 bridgehead atoms. The van der Waals surface area contributed by atoms with Crippen LogP contribution in [0.3, 0.4) is 0 Å². The van der Waals surface area contributed by atoms with Gasteiger partial charge in [0.15, 0.2) is 5.76 Å². The molecular weight excluding hydrogens is 414 g/mol. The molecule has 1 amide bonds. The lowest BCUT2D eigenvalue weighted by Crippen LogP contribution is -2.28. The number of aryl methyl sites for hydroxylation is 2. The zero-order valence-electron chi connectivity index (χ0n) is 19.7. The van der Waals surface area contributed by atoms with Gasteiger partial charge in [-0.1, -0.05) is 38.1 Å². The smallest absolute Gasteiger partial charge is 0.287 e. The van der Waals surface area contributed by atoms with Crippen LogP contribution in [0.1, 0.15) is 66.7 Å². The number of rotatable bonds is 9. The third-order valence-electron chi connectivity index (χ3n) is 5.74. The lowest BCUT2D eigenvalue weighted by molar-refractivity contribution is 0.0909. The molecule has 33 heavy (non-hydrogen) atoms. The van der Waals surface area contributed by atoms with Crippen molar-refractivity contribution in [3.63, 3.8) is 0 Å². The molecule has 6 nitrogen and oxygen atoms in total. The van der Waals surface area contributed by atoms with Gasteiger partial charge in [-0.3, -0.25) is 4.79 Å². The maximum atomic E-state index is 12.5. The van der Waals surface area contributed by atoms with Crippen LogP contribution in [-0.2, 0) is 6.54 Å². The van der Waals surface area contributed by atoms with Crippen LogP contribution in [0.4, 0.5) is 0 Å². The Balaban J connectivity index is 1.48. The molecule has 0 aliphatic carbocycles. The van der Waals surface area contributed by atoms with Gasteiger partial charge < -0.3 is 19.0 Å². The Morgan fingerprint density at radius 2 is 1.94 bits per heavy atom. The van der Waals surface area contributed by atoms with E-state index < -0.39 is 0 Å². The maximum Gasteiger partial charge on any atom is 0.287 e. The van der Waals surface area contributed by atoms with Crippen molar-refractivity contribution >= 4 is 16.9 Å². The van der Waals surface area contributed by atoms with Gasteiger partial charge in [0.2, 0.25) is 0 Å². The Bertz CT molecular complexity index is 1220. The Morgan fingerprint density at radius 1 is 1.12 bits per heavy atom. The maximum absolute atomic E-state index is 12.5. The summed E-state index contributed by atoms with van der Waals surface area (Å²) in [5.74, 6) is 2.21. The number of carbonyl (C=O) groups is 1. The van der Waals surface area contributed by atoms with Crippen molar-refractivity contribution in [3.8, 4) is 5.75 Å². The van der Waals surface area contributed by atoms with Crippen molar-refractivity contribution < 1.29 is 13.9 Å². The fourth-order valence-electron chi connectivity index (χ4n) is 4.05. The van der Waals surface area contributed by atoms with Gasteiger partial charge in [-0.2, -0.15) is 0 Å². The number of hydrogen-bond acceptors (Lipinski definition) is 4. The van der Waals surface area contributed by atoms with E-state index in [0.717, 1.165) is 35.6 Å². The summed E-state index contributed by atoms with van der Waals surface area (Å²) in [6, 6.07) is 17.5. The van der Waals surface area contributed by atoms with E-state index in [4.69, 9.17) is 14.1 Å². The molecule has 1 unspecified atom stereocenters. The van der Waals surface area contributed by atoms with Crippen LogP contribution in [0.15, 0.2) is 65.3 Å². The van der Waals surface area contributed by atoms with Crippen molar-refractivity contribution in [2.24, 2.45) is 0 Å². The minimum atomic E-state index is -0.278. The molecule has 0 aliphatic rings. The van der Waals surface area contributed by atoms with Gasteiger partial charge in [-0.15, -0.1) is 0 Å². The molecule has 6 heteroatoms. The quantitative estimate of drug-likeness (QED) is 0.320. The topological polar surface area (TPSA) is 69.3 Å². The van der Waals surface area contributed by atoms with Gasteiger partial charge in [0.1, 0.15) is 11.6 Å². The molecule has 2 heterocycles. The van der Waals surface area contributed by atoms with Crippen molar-refractivity contribution in [2.75, 3.05) is 6.61 Å². The number of furan rings is 1. The summed E-state index contributed by atoms with van der Waals surface area (Å²) in [4.78, 5) is 17.3. The summed E-state index contributed by atoms with van der Waals surface area (Å²) in [7, 11) is 0. The van der Waals surface area contributed by atoms with E-state index in [2.05, 4.69) is 54.9 Å². The molecular formula is C27H31N3O3. The standard InChI is InChI=1S/C27H31N3O3/c1-18(2)21-13-12-19(3)17-25(21)33-16-8-14-30-23-10-6-5-9-22(23)29-26(30)20(4)28-27(31)24-11-7-15-32-24/h5-7,9-13,15,17-18,20H,8,14,16H2,1-4H3,(H,28,31). The average molecular weight is 446 g/mol. The lowest BCUT2D eigenvalue weighted by Gasteiger charge is -2.17. The van der Waals surface area contributed by atoms with Crippen molar-refractivity contribution in [1.29, 1.82) is 0 Å². The Hall–Kier alpha value is -3.54. The SMILES string of the molecule is Cc1ccc(C(C)C)c(OCCCn2c(C(C)NC(=O)c3ccco3)nc3ccccc32)c1. The highest BCUT2D eigenvalue weighted by Crippen LogP contribution is 2.28. The average Bonchev–Trinajstić information content (AvgIpc) is 3.45. The van der Waals surface area contributed by atoms with Crippen molar-refractivity contribution in [2.45, 2.75) is 52.6 Å². The zero-order valence-corrected chi connectivity index (χ0v) is 19.7. The third-order valence-corrected chi connectivity index (χ3v) is 5.74. The predicted octanol–water partition coefficient (Wildman–Crippen LogP) is 6.02. The molecule has 0 spiro atoms. The summed E-state index contributed by atoms with van der Waals surface area (Å²) < 4.78 is 13.6. The first-order chi connectivity index (χ1) is 15.9. The van der Waals surface area contributed by atoms with Gasteiger partial charge >= 0.3 is 0 Å². The van der Waals surface area contributed by atoms with Gasteiger partial charge in [-0.05, 0) is 67.6 Å². The van der Waals surface area contributed by atoms with E-state index in [0.29, 0.717) is 12.5 Å². The largest absolute Gasteiger partial charge is 0.493 e. The molecule has 0 radical (unpaired) electrons. The number of para-hydroxylation sites is 2. The first kappa shape index (κ1) is 22.6. The lowest BCUT2D eigenvalue weighted by atomic mass is 10.0. The molecule has 172 valence electrons. The number of carbonyl (C=O) groups excluding carboxylic acids is 1. The van der Waals surface area contributed by atoms with Crippen LogP contribution < -0.4 is 10.1 Å². The molecule has 4 aromatic rings. The van der Waals surface area contributed by atoms with E-state index in [-0.39, 0.29) is 17.7 Å². The van der Waals surface area contributed by atoms with E-state index in [1.165, 1.54) is 17.4 Å². The van der Waals surface area contributed by atoms with E-state index in [1.54, 1.807) is 12.1 Å². The molecule has 2 aromatic heterocycles. The second-order valence-electron chi connectivity index (χ2n) is 8.68. The van der Waals surface area contributed by atoms with Crippen molar-refractivity contribution in [1.82, 2.24) is 14.9 Å². The molecule has 0 aliphatic heterocycles. The van der Waals surface area contributed by atoms with Crippen LogP contribution in [0.25, 0.3) is 11.0 Å². The molecule has 1 N–H and O–H groups in total.